The van der Waals surface area contributed by atoms with Gasteiger partial charge in [0.05, 0.1) is 29.4 Å². The highest BCUT2D eigenvalue weighted by Crippen LogP contribution is 2.33. The van der Waals surface area contributed by atoms with Gasteiger partial charge in [0, 0.05) is 61.0 Å². The van der Waals surface area contributed by atoms with E-state index in [1.54, 1.807) is 46.0 Å². The van der Waals surface area contributed by atoms with Gasteiger partial charge in [-0.25, -0.2) is 14.5 Å². The number of pyridine rings is 3. The Morgan fingerprint density at radius 1 is 1.10 bits per heavy atom. The third-order valence-corrected chi connectivity index (χ3v) is 6.86. The van der Waals surface area contributed by atoms with Crippen LogP contribution in [0.4, 0.5) is 11.6 Å². The minimum Gasteiger partial charge on any atom is -0.356 e. The number of carbonyl (C=O) groups excluding carboxylic acids is 1. The molecule has 0 saturated carbocycles. The van der Waals surface area contributed by atoms with Crippen LogP contribution >= 0.6 is 0 Å². The fourth-order valence-electron chi connectivity index (χ4n) is 4.88. The van der Waals surface area contributed by atoms with Crippen molar-refractivity contribution < 1.29 is 4.79 Å². The molecule has 0 radical (unpaired) electrons. The van der Waals surface area contributed by atoms with Crippen LogP contribution in [-0.2, 0) is 11.8 Å². The largest absolute Gasteiger partial charge is 0.356 e. The maximum absolute atomic E-state index is 12.8. The number of nitriles is 1. The first-order valence-electron chi connectivity index (χ1n) is 12.4. The zero-order valence-electron chi connectivity index (χ0n) is 21.1. The molecular formula is C29H23N9O. The molecule has 1 aliphatic heterocycles. The van der Waals surface area contributed by atoms with Gasteiger partial charge in [-0.15, -0.1) is 6.42 Å². The predicted molar refractivity (Wildman–Crippen MR) is 146 cm³/mol. The molecule has 5 aromatic heterocycles. The molecule has 0 aromatic carbocycles. The average Bonchev–Trinajstić information content (AvgIpc) is 3.72. The molecule has 10 heteroatoms. The molecule has 1 amide bonds. The number of rotatable bonds is 5. The molecule has 1 aliphatic rings. The second-order valence-electron chi connectivity index (χ2n) is 9.39. The van der Waals surface area contributed by atoms with Crippen LogP contribution in [0, 0.1) is 29.6 Å². The zero-order valence-corrected chi connectivity index (χ0v) is 21.1. The van der Waals surface area contributed by atoms with E-state index in [0.717, 1.165) is 33.6 Å². The van der Waals surface area contributed by atoms with Gasteiger partial charge >= 0.3 is 0 Å². The third kappa shape index (κ3) is 4.56. The van der Waals surface area contributed by atoms with E-state index >= 15 is 0 Å². The first-order valence-corrected chi connectivity index (χ1v) is 12.4. The minimum absolute atomic E-state index is 0.0878. The van der Waals surface area contributed by atoms with Crippen LogP contribution in [0.5, 0.6) is 0 Å². The number of amides is 1. The van der Waals surface area contributed by atoms with Crippen LogP contribution < -0.4 is 10.2 Å². The normalized spacial score (nSPS) is 14.7. The van der Waals surface area contributed by atoms with E-state index in [0.29, 0.717) is 36.6 Å². The van der Waals surface area contributed by atoms with Crippen LogP contribution in [0.1, 0.15) is 17.7 Å². The maximum atomic E-state index is 12.8. The van der Waals surface area contributed by atoms with Crippen molar-refractivity contribution in [1.82, 2.24) is 29.4 Å². The second kappa shape index (κ2) is 9.77. The summed E-state index contributed by atoms with van der Waals surface area (Å²) in [6, 6.07) is 13.4. The molecule has 5 aromatic rings. The summed E-state index contributed by atoms with van der Waals surface area (Å²) >= 11 is 0. The number of anilines is 2. The van der Waals surface area contributed by atoms with Crippen molar-refractivity contribution in [3.63, 3.8) is 0 Å². The molecule has 190 valence electrons. The second-order valence-corrected chi connectivity index (χ2v) is 9.39. The first-order chi connectivity index (χ1) is 19.0. The lowest BCUT2D eigenvalue weighted by Gasteiger charge is -2.18. The van der Waals surface area contributed by atoms with E-state index in [4.69, 9.17) is 11.4 Å². The summed E-state index contributed by atoms with van der Waals surface area (Å²) in [6.07, 6.45) is 15.1. The topological polar surface area (TPSA) is 117 Å². The van der Waals surface area contributed by atoms with Gasteiger partial charge in [-0.1, -0.05) is 12.0 Å². The first kappa shape index (κ1) is 23.9. The molecule has 1 fully saturated rings. The summed E-state index contributed by atoms with van der Waals surface area (Å²) in [6.45, 7) is 1.26. The van der Waals surface area contributed by atoms with Crippen LogP contribution in [0.2, 0.25) is 0 Å². The fourth-order valence-corrected chi connectivity index (χ4v) is 4.88. The third-order valence-electron chi connectivity index (χ3n) is 6.86. The van der Waals surface area contributed by atoms with Gasteiger partial charge in [0.25, 0.3) is 0 Å². The molecular weight excluding hydrogens is 490 g/mol. The molecule has 0 spiro atoms. The summed E-state index contributed by atoms with van der Waals surface area (Å²) in [5, 5.41) is 21.2. The van der Waals surface area contributed by atoms with E-state index in [9.17, 15) is 10.1 Å². The summed E-state index contributed by atoms with van der Waals surface area (Å²) in [4.78, 5) is 23.9. The Hall–Kier alpha value is -5.48. The fraction of sp³-hybridized carbons (Fsp3) is 0.172. The molecule has 6 heterocycles. The SMILES string of the molecule is C#Cc1cccc(NC(=O)C2CCN(c3ccc(-c4cc(-c5cnn(C)c5)cn5ncc(C#N)c45)cn3)C2)n1. The van der Waals surface area contributed by atoms with Gasteiger partial charge in [0.1, 0.15) is 23.4 Å². The van der Waals surface area contributed by atoms with E-state index in [2.05, 4.69) is 37.4 Å². The molecule has 1 N–H and O–H groups in total. The Morgan fingerprint density at radius 2 is 2.00 bits per heavy atom. The van der Waals surface area contributed by atoms with Crippen molar-refractivity contribution in [3.8, 4) is 40.7 Å². The maximum Gasteiger partial charge on any atom is 0.230 e. The Kier molecular flexibility index (Phi) is 5.98. The minimum atomic E-state index is -0.191. The van der Waals surface area contributed by atoms with Crippen molar-refractivity contribution in [2.45, 2.75) is 6.42 Å². The smallest absolute Gasteiger partial charge is 0.230 e. The summed E-state index contributed by atoms with van der Waals surface area (Å²) in [5.41, 5.74) is 5.28. The number of fused-ring (bicyclic) bond motifs is 1. The Bertz CT molecular complexity index is 1790. The summed E-state index contributed by atoms with van der Waals surface area (Å²) in [5.74, 6) is 3.44. The number of carbonyl (C=O) groups is 1. The lowest BCUT2D eigenvalue weighted by Crippen LogP contribution is -2.27. The highest BCUT2D eigenvalue weighted by molar-refractivity contribution is 5.92. The van der Waals surface area contributed by atoms with Crippen LogP contribution in [-0.4, -0.2) is 48.4 Å². The highest BCUT2D eigenvalue weighted by atomic mass is 16.2. The van der Waals surface area contributed by atoms with Crippen molar-refractivity contribution in [3.05, 3.63) is 78.6 Å². The highest BCUT2D eigenvalue weighted by Gasteiger charge is 2.29. The summed E-state index contributed by atoms with van der Waals surface area (Å²) in [7, 11) is 1.87. The number of hydrogen-bond acceptors (Lipinski definition) is 7. The number of nitrogens with one attached hydrogen (secondary N) is 1. The lowest BCUT2D eigenvalue weighted by atomic mass is 10.0. The molecule has 10 nitrogen and oxygen atoms in total. The van der Waals surface area contributed by atoms with E-state index in [1.165, 1.54) is 0 Å². The lowest BCUT2D eigenvalue weighted by molar-refractivity contribution is -0.119. The van der Waals surface area contributed by atoms with Gasteiger partial charge in [0.15, 0.2) is 0 Å². The number of hydrogen-bond donors (Lipinski definition) is 1. The van der Waals surface area contributed by atoms with Crippen LogP contribution in [0.3, 0.4) is 0 Å². The van der Waals surface area contributed by atoms with Crippen molar-refractivity contribution >= 4 is 23.1 Å². The number of terminal acetylenes is 1. The zero-order chi connectivity index (χ0) is 26.9. The quantitative estimate of drug-likeness (QED) is 0.358. The molecule has 0 aliphatic carbocycles. The number of nitrogens with zero attached hydrogens (tertiary/aromatic N) is 8. The Morgan fingerprint density at radius 3 is 2.74 bits per heavy atom. The molecule has 1 saturated heterocycles. The van der Waals surface area contributed by atoms with Gasteiger partial charge in [-0.2, -0.15) is 15.5 Å². The van der Waals surface area contributed by atoms with Crippen molar-refractivity contribution in [1.29, 1.82) is 5.26 Å². The molecule has 39 heavy (non-hydrogen) atoms. The van der Waals surface area contributed by atoms with Crippen LogP contribution in [0.25, 0.3) is 27.8 Å². The molecule has 6 rings (SSSR count). The Balaban J connectivity index is 1.24. The molecule has 0 bridgehead atoms. The Labute approximate surface area is 224 Å². The van der Waals surface area contributed by atoms with E-state index < -0.39 is 0 Å². The van der Waals surface area contributed by atoms with Gasteiger partial charge in [0.2, 0.25) is 5.91 Å². The molecule has 1 atom stereocenters. The van der Waals surface area contributed by atoms with Crippen molar-refractivity contribution in [2.24, 2.45) is 13.0 Å². The van der Waals surface area contributed by atoms with Gasteiger partial charge in [-0.05, 0) is 36.8 Å². The van der Waals surface area contributed by atoms with Crippen molar-refractivity contribution in [2.75, 3.05) is 23.3 Å². The van der Waals surface area contributed by atoms with Crippen LogP contribution in [0.15, 0.2) is 67.4 Å². The molecule has 1 unspecified atom stereocenters. The van der Waals surface area contributed by atoms with Gasteiger partial charge in [-0.3, -0.25) is 9.48 Å². The van der Waals surface area contributed by atoms with E-state index in [-0.39, 0.29) is 11.8 Å². The standard InChI is InChI=1S/C29H23N9O/c1-3-24-5-4-6-26(34-24)35-29(39)20-9-10-37(17-20)27-8-7-19(13-31-27)25-11-21(23-15-32-36(2)16-23)18-38-28(25)22(12-30)14-33-38/h1,4-8,11,13-16,18,20H,9-10,17H2,2H3,(H,34,35,39). The number of aromatic nitrogens is 6. The average molecular weight is 514 g/mol. The predicted octanol–water partition coefficient (Wildman–Crippen LogP) is 3.51. The van der Waals surface area contributed by atoms with E-state index in [1.807, 2.05) is 37.6 Å². The number of aryl methyl sites for hydroxylation is 1. The summed E-state index contributed by atoms with van der Waals surface area (Å²) < 4.78 is 3.47. The van der Waals surface area contributed by atoms with Gasteiger partial charge < -0.3 is 10.2 Å². The monoisotopic (exact) mass is 513 g/mol.